The average molecular weight is 544 g/mol. The van der Waals surface area contributed by atoms with Crippen LogP contribution in [0.5, 0.6) is 0 Å². The zero-order valence-electron chi connectivity index (χ0n) is 23.0. The number of carbonyl (C=O) groups is 3. The zero-order chi connectivity index (χ0) is 28.5. The largest absolute Gasteiger partial charge is 0.481 e. The van der Waals surface area contributed by atoms with Crippen molar-refractivity contribution in [3.8, 4) is 11.1 Å². The van der Waals surface area contributed by atoms with Gasteiger partial charge in [-0.15, -0.1) is 0 Å². The lowest BCUT2D eigenvalue weighted by atomic mass is 9.98. The molecule has 8 nitrogen and oxygen atoms in total. The quantitative estimate of drug-likeness (QED) is 0.286. The number of carbonyl (C=O) groups excluding carboxylic acids is 2. The van der Waals surface area contributed by atoms with Crippen molar-refractivity contribution >= 4 is 18.0 Å². The lowest BCUT2D eigenvalue weighted by Crippen LogP contribution is -2.48. The van der Waals surface area contributed by atoms with E-state index in [2.05, 4.69) is 46.7 Å². The summed E-state index contributed by atoms with van der Waals surface area (Å²) in [5, 5.41) is 14.6. The third-order valence-electron chi connectivity index (χ3n) is 7.49. The van der Waals surface area contributed by atoms with Gasteiger partial charge in [0.2, 0.25) is 5.91 Å². The average Bonchev–Trinajstić information content (AvgIpc) is 3.28. The van der Waals surface area contributed by atoms with Crippen molar-refractivity contribution in [2.75, 3.05) is 20.2 Å². The Morgan fingerprint density at radius 2 is 1.50 bits per heavy atom. The summed E-state index contributed by atoms with van der Waals surface area (Å²) in [4.78, 5) is 39.1. The number of nitrogens with one attached hydrogen (secondary N) is 2. The van der Waals surface area contributed by atoms with Gasteiger partial charge in [-0.25, -0.2) is 4.79 Å². The molecule has 0 saturated heterocycles. The van der Waals surface area contributed by atoms with Crippen molar-refractivity contribution in [3.63, 3.8) is 0 Å². The van der Waals surface area contributed by atoms with Crippen molar-refractivity contribution < 1.29 is 24.2 Å². The number of fused-ring (bicyclic) bond motifs is 3. The lowest BCUT2D eigenvalue weighted by molar-refractivity contribution is -0.137. The van der Waals surface area contributed by atoms with Crippen molar-refractivity contribution in [1.82, 2.24) is 15.5 Å². The fourth-order valence-electron chi connectivity index (χ4n) is 5.09. The van der Waals surface area contributed by atoms with Crippen molar-refractivity contribution in [2.45, 2.75) is 50.7 Å². The Bertz CT molecular complexity index is 1270. The first kappa shape index (κ1) is 28.8. The summed E-state index contributed by atoms with van der Waals surface area (Å²) >= 11 is 0. The van der Waals surface area contributed by atoms with E-state index < -0.39 is 24.0 Å². The van der Waals surface area contributed by atoms with E-state index in [0.717, 1.165) is 28.8 Å². The molecule has 3 aromatic rings. The molecule has 1 aliphatic carbocycles. The number of aliphatic carboxylic acids is 1. The van der Waals surface area contributed by atoms with E-state index in [1.54, 1.807) is 0 Å². The van der Waals surface area contributed by atoms with E-state index in [4.69, 9.17) is 9.84 Å². The molecule has 0 aromatic heterocycles. The van der Waals surface area contributed by atoms with Gasteiger partial charge in [0.1, 0.15) is 12.6 Å². The van der Waals surface area contributed by atoms with Gasteiger partial charge in [0.15, 0.2) is 0 Å². The highest BCUT2D eigenvalue weighted by Gasteiger charge is 2.30. The van der Waals surface area contributed by atoms with Crippen LogP contribution in [0.3, 0.4) is 0 Å². The van der Waals surface area contributed by atoms with Gasteiger partial charge in [0.25, 0.3) is 0 Å². The molecular formula is C32H37N3O5. The first-order valence-corrected chi connectivity index (χ1v) is 13.7. The summed E-state index contributed by atoms with van der Waals surface area (Å²) in [5.74, 6) is -1.57. The SMILES string of the molecule is CC(CCNC(=O)C(CCC(=O)O)NC(=O)OCC1c2ccccc2-c2ccccc21)N(C)Cc1ccccc1. The number of alkyl carbamates (subject to hydrolysis) is 1. The van der Waals surface area contributed by atoms with Crippen molar-refractivity contribution in [1.29, 1.82) is 0 Å². The molecule has 0 bridgehead atoms. The summed E-state index contributed by atoms with van der Waals surface area (Å²) in [6, 6.07) is 25.4. The number of hydrogen-bond donors (Lipinski definition) is 3. The minimum absolute atomic E-state index is 0.0329. The standard InChI is InChI=1S/C32H37N3O5/c1-22(35(2)20-23-10-4-3-5-11-23)18-19-33-31(38)29(16-17-30(36)37)34-32(39)40-21-28-26-14-8-6-12-24(26)25-13-7-9-15-27(25)28/h3-15,22,28-29H,16-21H2,1-2H3,(H,33,38)(H,34,39)(H,36,37). The van der Waals surface area contributed by atoms with Crippen LogP contribution in [0.15, 0.2) is 78.9 Å². The van der Waals surface area contributed by atoms with Crippen molar-refractivity contribution in [3.05, 3.63) is 95.6 Å². The fourth-order valence-corrected chi connectivity index (χ4v) is 5.09. The maximum absolute atomic E-state index is 12.9. The van der Waals surface area contributed by atoms with Crippen LogP contribution in [0.2, 0.25) is 0 Å². The molecule has 0 saturated carbocycles. The molecule has 0 radical (unpaired) electrons. The molecule has 1 aliphatic rings. The van der Waals surface area contributed by atoms with Gasteiger partial charge >= 0.3 is 12.1 Å². The molecule has 4 rings (SSSR count). The van der Waals surface area contributed by atoms with Crippen LogP contribution in [-0.2, 0) is 20.9 Å². The molecule has 2 atom stereocenters. The number of ether oxygens (including phenoxy) is 1. The van der Waals surface area contributed by atoms with Gasteiger partial charge in [-0.1, -0.05) is 78.9 Å². The highest BCUT2D eigenvalue weighted by Crippen LogP contribution is 2.44. The summed E-state index contributed by atoms with van der Waals surface area (Å²) in [7, 11) is 2.04. The maximum atomic E-state index is 12.9. The van der Waals surface area contributed by atoms with E-state index in [0.29, 0.717) is 13.0 Å². The topological polar surface area (TPSA) is 108 Å². The maximum Gasteiger partial charge on any atom is 0.407 e. The predicted molar refractivity (Wildman–Crippen MR) is 154 cm³/mol. The van der Waals surface area contributed by atoms with E-state index >= 15 is 0 Å². The first-order valence-electron chi connectivity index (χ1n) is 13.7. The van der Waals surface area contributed by atoms with Gasteiger partial charge in [-0.05, 0) is 54.6 Å². The van der Waals surface area contributed by atoms with E-state index in [1.165, 1.54) is 5.56 Å². The molecule has 2 unspecified atom stereocenters. The molecule has 0 spiro atoms. The first-order chi connectivity index (χ1) is 19.3. The van der Waals surface area contributed by atoms with Gasteiger partial charge in [-0.2, -0.15) is 0 Å². The van der Waals surface area contributed by atoms with Crippen LogP contribution in [-0.4, -0.2) is 60.3 Å². The minimum Gasteiger partial charge on any atom is -0.481 e. The number of rotatable bonds is 13. The number of amides is 2. The van der Waals surface area contributed by atoms with Gasteiger partial charge in [0.05, 0.1) is 0 Å². The van der Waals surface area contributed by atoms with Crippen LogP contribution in [0.4, 0.5) is 4.79 Å². The second-order valence-corrected chi connectivity index (χ2v) is 10.3. The highest BCUT2D eigenvalue weighted by atomic mass is 16.5. The highest BCUT2D eigenvalue weighted by molar-refractivity contribution is 5.86. The summed E-state index contributed by atoms with van der Waals surface area (Å²) in [6.07, 6.45) is -0.332. The molecule has 40 heavy (non-hydrogen) atoms. The molecule has 3 aromatic carbocycles. The fraction of sp³-hybridized carbons (Fsp3) is 0.344. The Balaban J connectivity index is 1.29. The third-order valence-corrected chi connectivity index (χ3v) is 7.49. The summed E-state index contributed by atoms with van der Waals surface area (Å²) < 4.78 is 5.57. The van der Waals surface area contributed by atoms with Crippen LogP contribution < -0.4 is 10.6 Å². The Hall–Kier alpha value is -4.17. The minimum atomic E-state index is -1.04. The number of carboxylic acid groups (broad SMARTS) is 1. The predicted octanol–water partition coefficient (Wildman–Crippen LogP) is 4.79. The Labute approximate surface area is 235 Å². The second kappa shape index (κ2) is 13.8. The van der Waals surface area contributed by atoms with Crippen LogP contribution >= 0.6 is 0 Å². The van der Waals surface area contributed by atoms with E-state index in [1.807, 2.05) is 61.6 Å². The normalized spacial score (nSPS) is 13.7. The van der Waals surface area contributed by atoms with Crippen LogP contribution in [0.25, 0.3) is 11.1 Å². The molecule has 0 fully saturated rings. The zero-order valence-corrected chi connectivity index (χ0v) is 23.0. The molecule has 210 valence electrons. The van der Waals surface area contributed by atoms with E-state index in [9.17, 15) is 14.4 Å². The van der Waals surface area contributed by atoms with Gasteiger partial charge in [0, 0.05) is 31.5 Å². The number of benzene rings is 3. The Morgan fingerprint density at radius 1 is 0.900 bits per heavy atom. The second-order valence-electron chi connectivity index (χ2n) is 10.3. The van der Waals surface area contributed by atoms with Crippen molar-refractivity contribution in [2.24, 2.45) is 0 Å². The number of hydrogen-bond acceptors (Lipinski definition) is 5. The molecule has 0 heterocycles. The third kappa shape index (κ3) is 7.48. The number of carboxylic acids is 1. The van der Waals surface area contributed by atoms with E-state index in [-0.39, 0.29) is 31.4 Å². The monoisotopic (exact) mass is 543 g/mol. The Kier molecular flexibility index (Phi) is 9.91. The van der Waals surface area contributed by atoms with Gasteiger partial charge < -0.3 is 20.5 Å². The molecule has 0 aliphatic heterocycles. The lowest BCUT2D eigenvalue weighted by Gasteiger charge is -2.25. The molecule has 2 amide bonds. The van der Waals surface area contributed by atoms with Gasteiger partial charge in [-0.3, -0.25) is 14.5 Å². The number of nitrogens with zero attached hydrogens (tertiary/aromatic N) is 1. The molecular weight excluding hydrogens is 506 g/mol. The Morgan fingerprint density at radius 3 is 2.12 bits per heavy atom. The molecule has 8 heteroatoms. The smallest absolute Gasteiger partial charge is 0.407 e. The summed E-state index contributed by atoms with van der Waals surface area (Å²) in [5.41, 5.74) is 5.62. The van der Waals surface area contributed by atoms with Crippen LogP contribution in [0.1, 0.15) is 48.8 Å². The van der Waals surface area contributed by atoms with Crippen LogP contribution in [0, 0.1) is 0 Å². The molecule has 3 N–H and O–H groups in total. The summed E-state index contributed by atoms with van der Waals surface area (Å²) in [6.45, 7) is 3.39.